The molecule has 0 bridgehead atoms. The van der Waals surface area contributed by atoms with Gasteiger partial charge in [0.2, 0.25) is 0 Å². The molecule has 0 unspecified atom stereocenters. The van der Waals surface area contributed by atoms with Crippen LogP contribution in [0.25, 0.3) is 66.4 Å². The van der Waals surface area contributed by atoms with Crippen molar-refractivity contribution in [2.45, 2.75) is 0 Å². The molecule has 0 saturated carbocycles. The van der Waals surface area contributed by atoms with Crippen molar-refractivity contribution in [3.63, 3.8) is 0 Å². The van der Waals surface area contributed by atoms with Gasteiger partial charge in [0.15, 0.2) is 11.6 Å². The van der Waals surface area contributed by atoms with Crippen LogP contribution < -0.4 is 0 Å². The molecule has 7 rings (SSSR count). The van der Waals surface area contributed by atoms with Gasteiger partial charge >= 0.3 is 0 Å². The van der Waals surface area contributed by atoms with Gasteiger partial charge in [0.1, 0.15) is 0 Å². The molecule has 0 N–H and O–H groups in total. The van der Waals surface area contributed by atoms with E-state index < -0.39 is 0 Å². The molecule has 0 aliphatic carbocycles. The summed E-state index contributed by atoms with van der Waals surface area (Å²) in [6.07, 6.45) is 0. The second kappa shape index (κ2) is 7.52. The molecule has 0 atom stereocenters. The highest BCUT2D eigenvalue weighted by atomic mass is 79.9. The molecular formula is C28H14Br2N4. The van der Waals surface area contributed by atoms with Crippen LogP contribution in [0.5, 0.6) is 0 Å². The summed E-state index contributed by atoms with van der Waals surface area (Å²) in [5.74, 6) is 1.42. The average molecular weight is 566 g/mol. The Hall–Kier alpha value is -3.48. The Morgan fingerprint density at radius 1 is 0.441 bits per heavy atom. The van der Waals surface area contributed by atoms with Gasteiger partial charge < -0.3 is 0 Å². The van der Waals surface area contributed by atoms with Crippen LogP contribution in [0.1, 0.15) is 0 Å². The van der Waals surface area contributed by atoms with E-state index >= 15 is 0 Å². The number of halogens is 2. The maximum atomic E-state index is 5.06. The van der Waals surface area contributed by atoms with Gasteiger partial charge in [-0.05, 0) is 36.4 Å². The molecule has 0 radical (unpaired) electrons. The lowest BCUT2D eigenvalue weighted by molar-refractivity contribution is 1.25. The fraction of sp³-hybridized carbons (Fsp3) is 0. The fourth-order valence-corrected chi connectivity index (χ4v) is 5.14. The highest BCUT2D eigenvalue weighted by Gasteiger charge is 2.19. The third-order valence-electron chi connectivity index (χ3n) is 6.16. The van der Waals surface area contributed by atoms with Crippen LogP contribution in [0.4, 0.5) is 0 Å². The van der Waals surface area contributed by atoms with Crippen molar-refractivity contribution >= 4 is 75.5 Å². The minimum Gasteiger partial charge on any atom is -0.228 e. The summed E-state index contributed by atoms with van der Waals surface area (Å²) in [6, 6.07) is 28.6. The standard InChI is InChI=1S/C28H14Br2N4/c29-17-11-7-15(8-12-17)27-31-21-5-1-3-19-23(21)26(34-27)20-4-2-6-22-24(20)25(19)33-28(32-22)16-9-13-18(30)14-10-16/h1-14H. The quantitative estimate of drug-likeness (QED) is 0.157. The Morgan fingerprint density at radius 2 is 0.853 bits per heavy atom. The lowest BCUT2D eigenvalue weighted by Crippen LogP contribution is -1.98. The molecule has 2 aromatic heterocycles. The zero-order valence-electron chi connectivity index (χ0n) is 17.6. The first kappa shape index (κ1) is 19.9. The summed E-state index contributed by atoms with van der Waals surface area (Å²) in [5, 5.41) is 4.14. The molecule has 0 saturated heterocycles. The first-order chi connectivity index (χ1) is 16.7. The van der Waals surface area contributed by atoms with Crippen molar-refractivity contribution in [2.24, 2.45) is 0 Å². The SMILES string of the molecule is Brc1ccc(-c2nc3cccc4c5nc(-c6ccc(Br)cc6)nc6cccc(c(n2)c34)c65)cc1. The fourth-order valence-electron chi connectivity index (χ4n) is 4.61. The van der Waals surface area contributed by atoms with E-state index in [4.69, 9.17) is 19.9 Å². The number of nitrogens with zero attached hydrogens (tertiary/aromatic N) is 4. The zero-order valence-corrected chi connectivity index (χ0v) is 20.8. The largest absolute Gasteiger partial charge is 0.228 e. The van der Waals surface area contributed by atoms with Gasteiger partial charge in [0, 0.05) is 41.6 Å². The van der Waals surface area contributed by atoms with Gasteiger partial charge in [-0.2, -0.15) is 0 Å². The van der Waals surface area contributed by atoms with Crippen molar-refractivity contribution in [3.8, 4) is 22.8 Å². The maximum Gasteiger partial charge on any atom is 0.160 e. The van der Waals surface area contributed by atoms with Gasteiger partial charge in [-0.3, -0.25) is 0 Å². The van der Waals surface area contributed by atoms with Gasteiger partial charge in [-0.25, -0.2) is 19.9 Å². The van der Waals surface area contributed by atoms with Gasteiger partial charge in [0.05, 0.1) is 22.1 Å². The van der Waals surface area contributed by atoms with E-state index in [9.17, 15) is 0 Å². The van der Waals surface area contributed by atoms with Crippen molar-refractivity contribution in [1.29, 1.82) is 0 Å². The molecule has 0 spiro atoms. The number of rotatable bonds is 2. The van der Waals surface area contributed by atoms with E-state index in [-0.39, 0.29) is 0 Å². The molecule has 0 fully saturated rings. The molecule has 0 amide bonds. The molecule has 160 valence electrons. The van der Waals surface area contributed by atoms with Crippen LogP contribution in [0.3, 0.4) is 0 Å². The van der Waals surface area contributed by atoms with Crippen molar-refractivity contribution in [3.05, 3.63) is 93.9 Å². The van der Waals surface area contributed by atoms with Crippen LogP contribution in [0.2, 0.25) is 0 Å². The third-order valence-corrected chi connectivity index (χ3v) is 7.22. The summed E-state index contributed by atoms with van der Waals surface area (Å²) in [4.78, 5) is 20.0. The minimum absolute atomic E-state index is 0.708. The molecule has 7 aromatic rings. The van der Waals surface area contributed by atoms with E-state index in [0.717, 1.165) is 63.7 Å². The molecule has 2 heterocycles. The van der Waals surface area contributed by atoms with Crippen LogP contribution in [0, 0.1) is 0 Å². The first-order valence-corrected chi connectivity index (χ1v) is 12.4. The van der Waals surface area contributed by atoms with Crippen LogP contribution in [0.15, 0.2) is 93.9 Å². The van der Waals surface area contributed by atoms with Crippen LogP contribution in [-0.2, 0) is 0 Å². The Kier molecular flexibility index (Phi) is 4.41. The van der Waals surface area contributed by atoms with E-state index in [1.165, 1.54) is 0 Å². The smallest absolute Gasteiger partial charge is 0.160 e. The predicted octanol–water partition coefficient (Wildman–Crippen LogP) is 8.18. The van der Waals surface area contributed by atoms with E-state index in [1.54, 1.807) is 0 Å². The average Bonchev–Trinajstić information content (AvgIpc) is 2.87. The summed E-state index contributed by atoms with van der Waals surface area (Å²) in [6.45, 7) is 0. The summed E-state index contributed by atoms with van der Waals surface area (Å²) in [5.41, 5.74) is 5.63. The Bertz CT molecular complexity index is 1720. The lowest BCUT2D eigenvalue weighted by Gasteiger charge is -2.14. The molecule has 0 aliphatic heterocycles. The minimum atomic E-state index is 0.708. The summed E-state index contributed by atoms with van der Waals surface area (Å²) < 4.78 is 2.05. The van der Waals surface area contributed by atoms with Gasteiger partial charge in [-0.15, -0.1) is 0 Å². The van der Waals surface area contributed by atoms with Crippen molar-refractivity contribution in [1.82, 2.24) is 19.9 Å². The van der Waals surface area contributed by atoms with Crippen molar-refractivity contribution in [2.75, 3.05) is 0 Å². The Labute approximate surface area is 211 Å². The first-order valence-electron chi connectivity index (χ1n) is 10.8. The Balaban J connectivity index is 1.61. The number of aromatic nitrogens is 4. The number of hydrogen-bond acceptors (Lipinski definition) is 4. The molecule has 0 aliphatic rings. The molecule has 5 aromatic carbocycles. The van der Waals surface area contributed by atoms with E-state index in [0.29, 0.717) is 11.6 Å². The Morgan fingerprint density at radius 3 is 1.26 bits per heavy atom. The van der Waals surface area contributed by atoms with Crippen LogP contribution >= 0.6 is 31.9 Å². The molecule has 4 nitrogen and oxygen atoms in total. The predicted molar refractivity (Wildman–Crippen MR) is 145 cm³/mol. The summed E-state index contributed by atoms with van der Waals surface area (Å²) in [7, 11) is 0. The molecular weight excluding hydrogens is 552 g/mol. The maximum absolute atomic E-state index is 5.06. The number of benzene rings is 5. The van der Waals surface area contributed by atoms with E-state index in [1.807, 2.05) is 72.8 Å². The lowest BCUT2D eigenvalue weighted by atomic mass is 9.97. The topological polar surface area (TPSA) is 51.6 Å². The van der Waals surface area contributed by atoms with Gasteiger partial charge in [0.25, 0.3) is 0 Å². The second-order valence-corrected chi connectivity index (χ2v) is 10.0. The zero-order chi connectivity index (χ0) is 22.8. The van der Waals surface area contributed by atoms with Crippen molar-refractivity contribution < 1.29 is 0 Å². The highest BCUT2D eigenvalue weighted by molar-refractivity contribution is 9.10. The van der Waals surface area contributed by atoms with Crippen LogP contribution in [-0.4, -0.2) is 19.9 Å². The highest BCUT2D eigenvalue weighted by Crippen LogP contribution is 2.39. The van der Waals surface area contributed by atoms with Gasteiger partial charge in [-0.1, -0.05) is 80.4 Å². The monoisotopic (exact) mass is 564 g/mol. The van der Waals surface area contributed by atoms with E-state index in [2.05, 4.69) is 44.0 Å². The number of hydrogen-bond donors (Lipinski definition) is 0. The summed E-state index contributed by atoms with van der Waals surface area (Å²) >= 11 is 7.02. The molecule has 6 heteroatoms. The second-order valence-electron chi connectivity index (χ2n) is 8.20. The molecule has 34 heavy (non-hydrogen) atoms. The number of fused-ring (bicyclic) bond motifs is 2. The normalized spacial score (nSPS) is 11.8. The third kappa shape index (κ3) is 3.02.